The normalized spacial score (nSPS) is 10.6. The van der Waals surface area contributed by atoms with E-state index in [0.717, 1.165) is 5.56 Å². The average molecular weight is 502 g/mol. The quantitative estimate of drug-likeness (QED) is 0.265. The Morgan fingerprint density at radius 3 is 2.32 bits per heavy atom. The van der Waals surface area contributed by atoms with Gasteiger partial charge in [-0.25, -0.2) is 5.43 Å². The van der Waals surface area contributed by atoms with Crippen molar-refractivity contribution in [1.82, 2.24) is 5.43 Å². The smallest absolute Gasteiger partial charge is 0.329 e. The van der Waals surface area contributed by atoms with E-state index in [0.29, 0.717) is 38.5 Å². The Bertz CT molecular complexity index is 1200. The van der Waals surface area contributed by atoms with Gasteiger partial charge in [-0.3, -0.25) is 9.59 Å². The van der Waals surface area contributed by atoms with Crippen LogP contribution in [0.4, 0.5) is 5.69 Å². The predicted octanol–water partition coefficient (Wildman–Crippen LogP) is 4.68. The maximum atomic E-state index is 12.1. The monoisotopic (exact) mass is 501 g/mol. The van der Waals surface area contributed by atoms with Gasteiger partial charge in [-0.05, 0) is 54.1 Å². The Balaban J connectivity index is 1.50. The van der Waals surface area contributed by atoms with Crippen LogP contribution in [0.25, 0.3) is 0 Å². The number of ether oxygens (including phenoxy) is 3. The van der Waals surface area contributed by atoms with Gasteiger partial charge in [-0.1, -0.05) is 29.3 Å². The summed E-state index contributed by atoms with van der Waals surface area (Å²) >= 11 is 12.0. The third-order valence-corrected chi connectivity index (χ3v) is 5.12. The number of amides is 2. The molecule has 3 aromatic carbocycles. The minimum Gasteiger partial charge on any atom is -0.497 e. The van der Waals surface area contributed by atoms with E-state index in [9.17, 15) is 9.59 Å². The lowest BCUT2D eigenvalue weighted by atomic mass is 10.2. The van der Waals surface area contributed by atoms with E-state index in [2.05, 4.69) is 15.8 Å². The van der Waals surface area contributed by atoms with E-state index in [4.69, 9.17) is 37.4 Å². The van der Waals surface area contributed by atoms with Gasteiger partial charge in [-0.15, -0.1) is 0 Å². The van der Waals surface area contributed by atoms with Crippen LogP contribution in [0.15, 0.2) is 65.8 Å². The van der Waals surface area contributed by atoms with E-state index in [1.165, 1.54) is 20.4 Å². The lowest BCUT2D eigenvalue weighted by molar-refractivity contribution is -0.136. The van der Waals surface area contributed by atoms with Gasteiger partial charge >= 0.3 is 11.8 Å². The number of nitrogens with zero attached hydrogens (tertiary/aromatic N) is 1. The van der Waals surface area contributed by atoms with Crippen molar-refractivity contribution in [2.45, 2.75) is 6.61 Å². The highest BCUT2D eigenvalue weighted by molar-refractivity contribution is 6.39. The molecular weight excluding hydrogens is 481 g/mol. The van der Waals surface area contributed by atoms with Gasteiger partial charge in [0.25, 0.3) is 0 Å². The van der Waals surface area contributed by atoms with Gasteiger partial charge in [0.15, 0.2) is 0 Å². The van der Waals surface area contributed by atoms with Gasteiger partial charge in [-0.2, -0.15) is 5.10 Å². The van der Waals surface area contributed by atoms with Crippen molar-refractivity contribution >= 4 is 46.9 Å². The van der Waals surface area contributed by atoms with Gasteiger partial charge in [0, 0.05) is 21.7 Å². The molecule has 0 radical (unpaired) electrons. The number of halogens is 2. The first kappa shape index (κ1) is 24.9. The Morgan fingerprint density at radius 2 is 1.65 bits per heavy atom. The van der Waals surface area contributed by atoms with Crippen molar-refractivity contribution in [3.63, 3.8) is 0 Å². The zero-order valence-corrected chi connectivity index (χ0v) is 19.8. The van der Waals surface area contributed by atoms with Crippen molar-refractivity contribution in [3.05, 3.63) is 81.8 Å². The number of methoxy groups -OCH3 is 2. The van der Waals surface area contributed by atoms with Crippen LogP contribution in [-0.4, -0.2) is 32.2 Å². The van der Waals surface area contributed by atoms with Crippen molar-refractivity contribution in [2.75, 3.05) is 19.5 Å². The topological polar surface area (TPSA) is 98.2 Å². The molecule has 10 heteroatoms. The van der Waals surface area contributed by atoms with Crippen molar-refractivity contribution in [3.8, 4) is 17.2 Å². The Morgan fingerprint density at radius 1 is 0.912 bits per heavy atom. The van der Waals surface area contributed by atoms with E-state index >= 15 is 0 Å². The summed E-state index contributed by atoms with van der Waals surface area (Å²) in [5, 5.41) is 7.36. The number of anilines is 1. The van der Waals surface area contributed by atoms with Crippen LogP contribution >= 0.6 is 23.2 Å². The molecule has 3 rings (SSSR count). The molecule has 0 saturated heterocycles. The molecule has 0 saturated carbocycles. The Labute approximate surface area is 206 Å². The molecule has 0 aliphatic carbocycles. The number of hydrogen-bond acceptors (Lipinski definition) is 6. The van der Waals surface area contributed by atoms with Crippen molar-refractivity contribution in [2.24, 2.45) is 5.10 Å². The summed E-state index contributed by atoms with van der Waals surface area (Å²) in [5.74, 6) is -0.307. The Kier molecular flexibility index (Phi) is 8.73. The van der Waals surface area contributed by atoms with Crippen molar-refractivity contribution < 1.29 is 23.8 Å². The second-order valence-corrected chi connectivity index (χ2v) is 7.66. The minimum absolute atomic E-state index is 0.285. The summed E-state index contributed by atoms with van der Waals surface area (Å²) < 4.78 is 16.0. The molecule has 2 N–H and O–H groups in total. The van der Waals surface area contributed by atoms with Crippen LogP contribution in [0, 0.1) is 0 Å². The van der Waals surface area contributed by atoms with Crippen LogP contribution in [0.1, 0.15) is 11.1 Å². The highest BCUT2D eigenvalue weighted by atomic mass is 35.5. The third-order valence-electron chi connectivity index (χ3n) is 4.53. The SMILES string of the molecule is COc1ccc(NC(=O)C(=O)NN=Cc2ccc(OCc3ccc(Cl)cc3Cl)cc2)c(OC)c1. The van der Waals surface area contributed by atoms with Crippen LogP contribution in [0.3, 0.4) is 0 Å². The maximum absolute atomic E-state index is 12.1. The highest BCUT2D eigenvalue weighted by Crippen LogP contribution is 2.29. The molecule has 0 spiro atoms. The molecule has 0 bridgehead atoms. The molecule has 0 unspecified atom stereocenters. The first-order chi connectivity index (χ1) is 16.4. The molecule has 0 aliphatic rings. The molecule has 0 heterocycles. The number of carbonyl (C=O) groups is 2. The molecule has 3 aromatic rings. The van der Waals surface area contributed by atoms with Gasteiger partial charge in [0.1, 0.15) is 23.9 Å². The van der Waals surface area contributed by atoms with E-state index in [1.54, 1.807) is 60.7 Å². The number of hydrogen-bond donors (Lipinski definition) is 2. The Hall–Kier alpha value is -3.75. The number of nitrogens with one attached hydrogen (secondary N) is 2. The van der Waals surface area contributed by atoms with Crippen molar-refractivity contribution in [1.29, 1.82) is 0 Å². The van der Waals surface area contributed by atoms with Gasteiger partial charge in [0.05, 0.1) is 26.1 Å². The molecule has 0 fully saturated rings. The number of benzene rings is 3. The first-order valence-electron chi connectivity index (χ1n) is 9.93. The molecule has 0 aliphatic heterocycles. The fraction of sp³-hybridized carbons (Fsp3) is 0.125. The zero-order valence-electron chi connectivity index (χ0n) is 18.3. The highest BCUT2D eigenvalue weighted by Gasteiger charge is 2.15. The summed E-state index contributed by atoms with van der Waals surface area (Å²) in [6, 6.07) is 17.0. The summed E-state index contributed by atoms with van der Waals surface area (Å²) in [7, 11) is 2.95. The van der Waals surface area contributed by atoms with E-state index < -0.39 is 11.8 Å². The zero-order chi connectivity index (χ0) is 24.5. The second-order valence-electron chi connectivity index (χ2n) is 6.81. The summed E-state index contributed by atoms with van der Waals surface area (Å²) in [6.07, 6.45) is 1.40. The fourth-order valence-corrected chi connectivity index (χ4v) is 3.21. The molecule has 176 valence electrons. The number of rotatable bonds is 8. The summed E-state index contributed by atoms with van der Waals surface area (Å²) in [4.78, 5) is 24.2. The lowest BCUT2D eigenvalue weighted by Gasteiger charge is -2.10. The molecule has 2 amide bonds. The van der Waals surface area contributed by atoms with Crippen LogP contribution < -0.4 is 25.0 Å². The molecule has 0 atom stereocenters. The number of carbonyl (C=O) groups excluding carboxylic acids is 2. The second kappa shape index (κ2) is 11.9. The predicted molar refractivity (Wildman–Crippen MR) is 131 cm³/mol. The first-order valence-corrected chi connectivity index (χ1v) is 10.7. The fourth-order valence-electron chi connectivity index (χ4n) is 2.75. The molecular formula is C24H21Cl2N3O5. The molecule has 8 nitrogen and oxygen atoms in total. The molecule has 34 heavy (non-hydrogen) atoms. The third kappa shape index (κ3) is 6.87. The standard InChI is InChI=1S/C24H21Cl2N3O5/c1-32-19-9-10-21(22(12-19)33-2)28-23(30)24(31)29-27-13-15-3-7-18(8-4-15)34-14-16-5-6-17(25)11-20(16)26/h3-13H,14H2,1-2H3,(H,28,30)(H,29,31). The van der Waals surface area contributed by atoms with E-state index in [1.807, 2.05) is 0 Å². The largest absolute Gasteiger partial charge is 0.497 e. The van der Waals surface area contributed by atoms with Gasteiger partial charge in [0.2, 0.25) is 0 Å². The van der Waals surface area contributed by atoms with Crippen LogP contribution in [0.5, 0.6) is 17.2 Å². The van der Waals surface area contributed by atoms with Crippen LogP contribution in [0.2, 0.25) is 10.0 Å². The van der Waals surface area contributed by atoms with Gasteiger partial charge < -0.3 is 19.5 Å². The average Bonchev–Trinajstić information content (AvgIpc) is 2.84. The maximum Gasteiger partial charge on any atom is 0.329 e. The van der Waals surface area contributed by atoms with Crippen LogP contribution in [-0.2, 0) is 16.2 Å². The minimum atomic E-state index is -0.936. The molecule has 0 aromatic heterocycles. The van der Waals surface area contributed by atoms with E-state index in [-0.39, 0.29) is 6.61 Å². The summed E-state index contributed by atoms with van der Waals surface area (Å²) in [6.45, 7) is 0.285. The number of hydrazone groups is 1. The lowest BCUT2D eigenvalue weighted by Crippen LogP contribution is -2.32. The summed E-state index contributed by atoms with van der Waals surface area (Å²) in [5.41, 5.74) is 4.00.